The molecule has 0 saturated carbocycles. The third-order valence-corrected chi connectivity index (χ3v) is 3.17. The van der Waals surface area contributed by atoms with Gasteiger partial charge in [-0.25, -0.2) is 13.6 Å². The first-order chi connectivity index (χ1) is 9.33. The molecule has 0 bridgehead atoms. The predicted molar refractivity (Wildman–Crippen MR) is 72.4 cm³/mol. The zero-order valence-corrected chi connectivity index (χ0v) is 11.5. The molecule has 8 heteroatoms. The van der Waals surface area contributed by atoms with Crippen molar-refractivity contribution in [1.29, 1.82) is 0 Å². The van der Waals surface area contributed by atoms with E-state index < -0.39 is 15.9 Å². The summed E-state index contributed by atoms with van der Waals surface area (Å²) >= 11 is 0. The molecular formula is C12H13N3O4S. The van der Waals surface area contributed by atoms with Crippen LogP contribution in [0.25, 0.3) is 0 Å². The van der Waals surface area contributed by atoms with E-state index in [-0.39, 0.29) is 11.5 Å². The van der Waals surface area contributed by atoms with Crippen LogP contribution in [0.15, 0.2) is 34.9 Å². The van der Waals surface area contributed by atoms with Gasteiger partial charge in [-0.05, 0) is 24.6 Å². The molecule has 1 aromatic carbocycles. The van der Waals surface area contributed by atoms with Crippen LogP contribution in [-0.2, 0) is 15.8 Å². The van der Waals surface area contributed by atoms with Crippen molar-refractivity contribution < 1.29 is 17.7 Å². The Morgan fingerprint density at radius 1 is 1.35 bits per heavy atom. The van der Waals surface area contributed by atoms with Crippen LogP contribution in [0.4, 0.5) is 5.69 Å². The molecule has 2 rings (SSSR count). The van der Waals surface area contributed by atoms with Gasteiger partial charge in [0, 0.05) is 11.8 Å². The summed E-state index contributed by atoms with van der Waals surface area (Å²) in [5, 5.41) is 11.2. The first kappa shape index (κ1) is 14.2. The number of carbonyl (C=O) groups excluding carboxylic acids is 1. The maximum absolute atomic E-state index is 11.8. The second-order valence-corrected chi connectivity index (χ2v) is 5.91. The summed E-state index contributed by atoms with van der Waals surface area (Å²) in [4.78, 5) is 11.8. The second kappa shape index (κ2) is 5.43. The highest BCUT2D eigenvalue weighted by molar-refractivity contribution is 7.88. The Balaban J connectivity index is 2.06. The van der Waals surface area contributed by atoms with Crippen molar-refractivity contribution in [3.63, 3.8) is 0 Å². The molecule has 106 valence electrons. The normalized spacial score (nSPS) is 11.3. The van der Waals surface area contributed by atoms with Crippen LogP contribution >= 0.6 is 0 Å². The fraction of sp³-hybridized carbons (Fsp3) is 0.167. The standard InChI is InChI=1S/C12H13N3O4S/c1-8-6-11(19-15-8)12(16)14-10-4-2-9(3-5-10)7-20(13,17)18/h2-6H,7H2,1H3,(H,14,16)(H2,13,17,18). The quantitative estimate of drug-likeness (QED) is 0.873. The highest BCUT2D eigenvalue weighted by Gasteiger charge is 2.12. The lowest BCUT2D eigenvalue weighted by molar-refractivity contribution is 0.0988. The van der Waals surface area contributed by atoms with E-state index in [9.17, 15) is 13.2 Å². The van der Waals surface area contributed by atoms with Crippen molar-refractivity contribution in [2.75, 3.05) is 5.32 Å². The van der Waals surface area contributed by atoms with Gasteiger partial charge in [-0.2, -0.15) is 0 Å². The average molecular weight is 295 g/mol. The molecule has 0 spiro atoms. The van der Waals surface area contributed by atoms with Crippen LogP contribution in [0.1, 0.15) is 21.8 Å². The summed E-state index contributed by atoms with van der Waals surface area (Å²) in [7, 11) is -3.56. The predicted octanol–water partition coefficient (Wildman–Crippen LogP) is 1.02. The summed E-state index contributed by atoms with van der Waals surface area (Å²) in [6, 6.07) is 7.84. The largest absolute Gasteiger partial charge is 0.351 e. The van der Waals surface area contributed by atoms with Gasteiger partial charge >= 0.3 is 0 Å². The highest BCUT2D eigenvalue weighted by Crippen LogP contribution is 2.13. The summed E-state index contributed by atoms with van der Waals surface area (Å²) in [6.45, 7) is 1.71. The Morgan fingerprint density at radius 3 is 2.50 bits per heavy atom. The number of amides is 1. The molecule has 20 heavy (non-hydrogen) atoms. The molecule has 7 nitrogen and oxygen atoms in total. The van der Waals surface area contributed by atoms with Crippen LogP contribution in [0.3, 0.4) is 0 Å². The topological polar surface area (TPSA) is 115 Å². The number of primary sulfonamides is 1. The Morgan fingerprint density at radius 2 is 2.00 bits per heavy atom. The van der Waals surface area contributed by atoms with E-state index in [1.807, 2.05) is 0 Å². The lowest BCUT2D eigenvalue weighted by Crippen LogP contribution is -2.14. The van der Waals surface area contributed by atoms with Crippen LogP contribution in [0, 0.1) is 6.92 Å². The van der Waals surface area contributed by atoms with E-state index in [0.29, 0.717) is 16.9 Å². The van der Waals surface area contributed by atoms with E-state index in [0.717, 1.165) is 0 Å². The molecule has 1 heterocycles. The van der Waals surface area contributed by atoms with Crippen molar-refractivity contribution in [3.05, 3.63) is 47.3 Å². The van der Waals surface area contributed by atoms with Gasteiger partial charge in [-0.15, -0.1) is 0 Å². The lowest BCUT2D eigenvalue weighted by atomic mass is 10.2. The fourth-order valence-corrected chi connectivity index (χ4v) is 2.24. The highest BCUT2D eigenvalue weighted by atomic mass is 32.2. The molecule has 0 atom stereocenters. The molecular weight excluding hydrogens is 282 g/mol. The molecule has 0 aliphatic rings. The first-order valence-electron chi connectivity index (χ1n) is 5.67. The van der Waals surface area contributed by atoms with Crippen LogP contribution < -0.4 is 10.5 Å². The maximum atomic E-state index is 11.8. The van der Waals surface area contributed by atoms with Gasteiger partial charge in [0.1, 0.15) is 0 Å². The van der Waals surface area contributed by atoms with Crippen molar-refractivity contribution in [2.45, 2.75) is 12.7 Å². The van der Waals surface area contributed by atoms with Crippen LogP contribution in [0.5, 0.6) is 0 Å². The van der Waals surface area contributed by atoms with E-state index in [4.69, 9.17) is 9.66 Å². The lowest BCUT2D eigenvalue weighted by Gasteiger charge is -2.04. The number of nitrogens with two attached hydrogens (primary N) is 1. The Labute approximate surface area is 115 Å². The monoisotopic (exact) mass is 295 g/mol. The number of benzene rings is 1. The Kier molecular flexibility index (Phi) is 3.86. The minimum Gasteiger partial charge on any atom is -0.351 e. The fourth-order valence-electron chi connectivity index (χ4n) is 1.58. The molecule has 1 aromatic heterocycles. The average Bonchev–Trinajstić information content (AvgIpc) is 2.77. The van der Waals surface area contributed by atoms with Crippen LogP contribution in [-0.4, -0.2) is 19.5 Å². The molecule has 1 amide bonds. The number of nitrogens with zero attached hydrogens (tertiary/aromatic N) is 1. The number of carbonyl (C=O) groups is 1. The van der Waals surface area contributed by atoms with Gasteiger partial charge in [0.15, 0.2) is 0 Å². The van der Waals surface area contributed by atoms with Gasteiger partial charge in [-0.1, -0.05) is 17.3 Å². The number of hydrogen-bond acceptors (Lipinski definition) is 5. The molecule has 3 N–H and O–H groups in total. The molecule has 0 aliphatic carbocycles. The summed E-state index contributed by atoms with van der Waals surface area (Å²) in [5.74, 6) is -0.566. The minimum absolute atomic E-state index is 0.108. The maximum Gasteiger partial charge on any atom is 0.294 e. The van der Waals surface area contributed by atoms with Crippen molar-refractivity contribution >= 4 is 21.6 Å². The third-order valence-electron chi connectivity index (χ3n) is 2.43. The van der Waals surface area contributed by atoms with Gasteiger partial charge in [0.2, 0.25) is 15.8 Å². The van der Waals surface area contributed by atoms with E-state index in [2.05, 4.69) is 10.5 Å². The van der Waals surface area contributed by atoms with Gasteiger partial charge in [0.05, 0.1) is 11.4 Å². The Hall–Kier alpha value is -2.19. The van der Waals surface area contributed by atoms with Crippen molar-refractivity contribution in [2.24, 2.45) is 5.14 Å². The molecule has 0 fully saturated rings. The zero-order chi connectivity index (χ0) is 14.8. The molecule has 0 aliphatic heterocycles. The molecule has 0 saturated heterocycles. The van der Waals surface area contributed by atoms with E-state index >= 15 is 0 Å². The molecule has 2 aromatic rings. The number of rotatable bonds is 4. The van der Waals surface area contributed by atoms with Crippen LogP contribution in [0.2, 0.25) is 0 Å². The summed E-state index contributed by atoms with van der Waals surface area (Å²) < 4.78 is 26.7. The number of anilines is 1. The minimum atomic E-state index is -3.56. The van der Waals surface area contributed by atoms with Gasteiger partial charge < -0.3 is 9.84 Å². The number of sulfonamides is 1. The van der Waals surface area contributed by atoms with Gasteiger partial charge in [0.25, 0.3) is 5.91 Å². The number of aryl methyl sites for hydroxylation is 1. The van der Waals surface area contributed by atoms with Crippen molar-refractivity contribution in [1.82, 2.24) is 5.16 Å². The number of nitrogens with one attached hydrogen (secondary N) is 1. The number of hydrogen-bond donors (Lipinski definition) is 2. The smallest absolute Gasteiger partial charge is 0.294 e. The van der Waals surface area contributed by atoms with E-state index in [1.165, 1.54) is 6.07 Å². The molecule has 0 unspecified atom stereocenters. The second-order valence-electron chi connectivity index (χ2n) is 4.29. The third kappa shape index (κ3) is 3.90. The summed E-state index contributed by atoms with van der Waals surface area (Å²) in [6.07, 6.45) is 0. The van der Waals surface area contributed by atoms with Gasteiger partial charge in [-0.3, -0.25) is 4.79 Å². The zero-order valence-electron chi connectivity index (χ0n) is 10.7. The summed E-state index contributed by atoms with van der Waals surface area (Å²) in [5.41, 5.74) is 1.67. The SMILES string of the molecule is Cc1cc(C(=O)Nc2ccc(CS(N)(=O)=O)cc2)on1. The molecule has 0 radical (unpaired) electrons. The number of aromatic nitrogens is 1. The van der Waals surface area contributed by atoms with E-state index in [1.54, 1.807) is 31.2 Å². The Bertz CT molecular complexity index is 719. The first-order valence-corrected chi connectivity index (χ1v) is 7.39. The van der Waals surface area contributed by atoms with Crippen molar-refractivity contribution in [3.8, 4) is 0 Å².